The van der Waals surface area contributed by atoms with Crippen molar-refractivity contribution in [1.82, 2.24) is 5.32 Å². The molecule has 20 heavy (non-hydrogen) atoms. The van der Waals surface area contributed by atoms with Crippen LogP contribution in [-0.2, 0) is 4.79 Å². The van der Waals surface area contributed by atoms with Crippen molar-refractivity contribution >= 4 is 34.6 Å². The van der Waals surface area contributed by atoms with Gasteiger partial charge in [0.25, 0.3) is 5.69 Å². The van der Waals surface area contributed by atoms with Gasteiger partial charge in [-0.15, -0.1) is 0 Å². The van der Waals surface area contributed by atoms with E-state index in [1.54, 1.807) is 12.1 Å². The molecule has 0 aliphatic carbocycles. The topological polar surface area (TPSA) is 84.3 Å². The molecule has 0 heterocycles. The third-order valence-electron chi connectivity index (χ3n) is 2.83. The number of carbonyl (C=O) groups is 1. The van der Waals surface area contributed by atoms with E-state index in [-0.39, 0.29) is 28.3 Å². The summed E-state index contributed by atoms with van der Waals surface area (Å²) in [6.45, 7) is 3.97. The van der Waals surface area contributed by atoms with Crippen LogP contribution in [0.25, 0.3) is 0 Å². The normalized spacial score (nSPS) is 11.5. The Morgan fingerprint density at radius 2 is 2.10 bits per heavy atom. The number of hydrogen-bond donors (Lipinski definition) is 2. The van der Waals surface area contributed by atoms with Crippen LogP contribution in [0.2, 0.25) is 0 Å². The Labute approximate surface area is 122 Å². The highest BCUT2D eigenvalue weighted by atomic mass is 32.1. The first-order valence-electron chi connectivity index (χ1n) is 6.28. The van der Waals surface area contributed by atoms with E-state index in [1.807, 2.05) is 13.8 Å². The second-order valence-corrected chi connectivity index (χ2v) is 4.90. The SMILES string of the molecule is CC[C@H](C)CC(=O)NC(=S)Nc1ccccc1[N+](=O)[O-]. The summed E-state index contributed by atoms with van der Waals surface area (Å²) in [4.78, 5) is 22.0. The van der Waals surface area contributed by atoms with Crippen LogP contribution in [-0.4, -0.2) is 15.9 Å². The zero-order chi connectivity index (χ0) is 15.1. The maximum Gasteiger partial charge on any atom is 0.292 e. The van der Waals surface area contributed by atoms with Gasteiger partial charge in [-0.1, -0.05) is 32.4 Å². The second-order valence-electron chi connectivity index (χ2n) is 4.49. The lowest BCUT2D eigenvalue weighted by atomic mass is 10.1. The fraction of sp³-hybridized carbons (Fsp3) is 0.385. The number of thiocarbonyl (C=S) groups is 1. The summed E-state index contributed by atoms with van der Waals surface area (Å²) >= 11 is 4.98. The molecule has 0 bridgehead atoms. The van der Waals surface area contributed by atoms with Crippen LogP contribution in [0.4, 0.5) is 11.4 Å². The number of nitrogens with zero attached hydrogens (tertiary/aromatic N) is 1. The number of hydrogen-bond acceptors (Lipinski definition) is 4. The van der Waals surface area contributed by atoms with Crippen molar-refractivity contribution in [3.63, 3.8) is 0 Å². The number of amides is 1. The van der Waals surface area contributed by atoms with E-state index in [2.05, 4.69) is 10.6 Å². The largest absolute Gasteiger partial charge is 0.327 e. The van der Waals surface area contributed by atoms with Crippen molar-refractivity contribution in [2.24, 2.45) is 5.92 Å². The van der Waals surface area contributed by atoms with Crippen LogP contribution in [0, 0.1) is 16.0 Å². The number of anilines is 1. The van der Waals surface area contributed by atoms with Gasteiger partial charge in [0.2, 0.25) is 5.91 Å². The van der Waals surface area contributed by atoms with Crippen LogP contribution in [0.5, 0.6) is 0 Å². The van der Waals surface area contributed by atoms with Gasteiger partial charge in [0, 0.05) is 12.5 Å². The number of carbonyl (C=O) groups excluding carboxylic acids is 1. The molecule has 0 fully saturated rings. The Hall–Kier alpha value is -2.02. The zero-order valence-electron chi connectivity index (χ0n) is 11.4. The maximum atomic E-state index is 11.7. The molecule has 1 atom stereocenters. The summed E-state index contributed by atoms with van der Waals surface area (Å²) < 4.78 is 0. The number of nitro benzene ring substituents is 1. The predicted molar refractivity (Wildman–Crippen MR) is 81.5 cm³/mol. The molecule has 0 saturated carbocycles. The van der Waals surface area contributed by atoms with Crippen molar-refractivity contribution in [3.8, 4) is 0 Å². The molecular weight excluding hydrogens is 278 g/mol. The van der Waals surface area contributed by atoms with Crippen LogP contribution in [0.15, 0.2) is 24.3 Å². The van der Waals surface area contributed by atoms with Crippen molar-refractivity contribution in [2.75, 3.05) is 5.32 Å². The summed E-state index contributed by atoms with van der Waals surface area (Å²) in [6.07, 6.45) is 1.27. The average molecular weight is 295 g/mol. The Morgan fingerprint density at radius 1 is 1.45 bits per heavy atom. The van der Waals surface area contributed by atoms with Gasteiger partial charge in [0.05, 0.1) is 4.92 Å². The minimum atomic E-state index is -0.508. The lowest BCUT2D eigenvalue weighted by molar-refractivity contribution is -0.383. The van der Waals surface area contributed by atoms with Gasteiger partial charge in [-0.3, -0.25) is 14.9 Å². The Balaban J connectivity index is 2.63. The molecule has 2 N–H and O–H groups in total. The Kier molecular flexibility index (Phi) is 6.05. The van der Waals surface area contributed by atoms with Crippen LogP contribution >= 0.6 is 12.2 Å². The van der Waals surface area contributed by atoms with E-state index in [0.717, 1.165) is 6.42 Å². The molecule has 1 rings (SSSR count). The molecule has 0 aromatic heterocycles. The lowest BCUT2D eigenvalue weighted by Gasteiger charge is -2.11. The van der Waals surface area contributed by atoms with Crippen LogP contribution < -0.4 is 10.6 Å². The summed E-state index contributed by atoms with van der Waals surface area (Å²) in [5, 5.41) is 16.1. The minimum Gasteiger partial charge on any atom is -0.327 e. The lowest BCUT2D eigenvalue weighted by Crippen LogP contribution is -2.35. The molecule has 1 aromatic carbocycles. The first-order chi connectivity index (χ1) is 9.43. The molecule has 0 saturated heterocycles. The molecule has 1 aromatic rings. The van der Waals surface area contributed by atoms with E-state index in [9.17, 15) is 14.9 Å². The monoisotopic (exact) mass is 295 g/mol. The summed E-state index contributed by atoms with van der Waals surface area (Å²) in [7, 11) is 0. The van der Waals surface area contributed by atoms with Crippen LogP contribution in [0.1, 0.15) is 26.7 Å². The smallest absolute Gasteiger partial charge is 0.292 e. The van der Waals surface area contributed by atoms with Gasteiger partial charge in [-0.2, -0.15) is 0 Å². The number of para-hydroxylation sites is 2. The van der Waals surface area contributed by atoms with Crippen molar-refractivity contribution < 1.29 is 9.72 Å². The number of nitrogens with one attached hydrogen (secondary N) is 2. The maximum absolute atomic E-state index is 11.7. The van der Waals surface area contributed by atoms with Crippen molar-refractivity contribution in [2.45, 2.75) is 26.7 Å². The summed E-state index contributed by atoms with van der Waals surface area (Å²) in [5.41, 5.74) is 0.164. The van der Waals surface area contributed by atoms with E-state index in [4.69, 9.17) is 12.2 Å². The molecule has 0 aliphatic heterocycles. The molecule has 0 spiro atoms. The average Bonchev–Trinajstić information content (AvgIpc) is 2.38. The fourth-order valence-corrected chi connectivity index (χ4v) is 1.75. The molecule has 0 aliphatic rings. The molecule has 1 amide bonds. The van der Waals surface area contributed by atoms with Gasteiger partial charge in [-0.05, 0) is 24.2 Å². The zero-order valence-corrected chi connectivity index (χ0v) is 12.2. The highest BCUT2D eigenvalue weighted by Gasteiger charge is 2.14. The highest BCUT2D eigenvalue weighted by Crippen LogP contribution is 2.22. The summed E-state index contributed by atoms with van der Waals surface area (Å²) in [6, 6.07) is 6.12. The molecule has 6 nitrogen and oxygen atoms in total. The van der Waals surface area contributed by atoms with E-state index in [0.29, 0.717) is 6.42 Å². The first kappa shape index (κ1) is 16.0. The number of rotatable bonds is 5. The fourth-order valence-electron chi connectivity index (χ4n) is 1.53. The molecule has 108 valence electrons. The predicted octanol–water partition coefficient (Wildman–Crippen LogP) is 2.84. The third kappa shape index (κ3) is 4.93. The van der Waals surface area contributed by atoms with E-state index >= 15 is 0 Å². The summed E-state index contributed by atoms with van der Waals surface area (Å²) in [5.74, 6) is 0.0688. The van der Waals surface area contributed by atoms with Gasteiger partial charge in [0.1, 0.15) is 5.69 Å². The quantitative estimate of drug-likeness (QED) is 0.496. The Morgan fingerprint density at radius 3 is 2.70 bits per heavy atom. The third-order valence-corrected chi connectivity index (χ3v) is 3.04. The van der Waals surface area contributed by atoms with Gasteiger partial charge in [0.15, 0.2) is 5.11 Å². The molecule has 7 heteroatoms. The highest BCUT2D eigenvalue weighted by molar-refractivity contribution is 7.80. The second kappa shape index (κ2) is 7.54. The van der Waals surface area contributed by atoms with Crippen LogP contribution in [0.3, 0.4) is 0 Å². The van der Waals surface area contributed by atoms with Gasteiger partial charge < -0.3 is 10.6 Å². The van der Waals surface area contributed by atoms with Gasteiger partial charge in [-0.25, -0.2) is 0 Å². The molecule has 0 radical (unpaired) electrons. The van der Waals surface area contributed by atoms with Crippen molar-refractivity contribution in [1.29, 1.82) is 0 Å². The molecule has 0 unspecified atom stereocenters. The Bertz CT molecular complexity index is 519. The standard InChI is InChI=1S/C13H17N3O3S/c1-3-9(2)8-12(17)15-13(20)14-10-6-4-5-7-11(10)16(18)19/h4-7,9H,3,8H2,1-2H3,(H2,14,15,17,20)/t9-/m0/s1. The number of benzene rings is 1. The molecular formula is C13H17N3O3S. The first-order valence-corrected chi connectivity index (χ1v) is 6.69. The van der Waals surface area contributed by atoms with E-state index in [1.165, 1.54) is 12.1 Å². The van der Waals surface area contributed by atoms with Crippen molar-refractivity contribution in [3.05, 3.63) is 34.4 Å². The van der Waals surface area contributed by atoms with Gasteiger partial charge >= 0.3 is 0 Å². The minimum absolute atomic E-state index is 0.0626. The number of nitro groups is 1. The van der Waals surface area contributed by atoms with E-state index < -0.39 is 4.92 Å².